The van der Waals surface area contributed by atoms with Gasteiger partial charge in [0, 0.05) is 35.9 Å². The van der Waals surface area contributed by atoms with Gasteiger partial charge in [-0.3, -0.25) is 0 Å². The van der Waals surface area contributed by atoms with E-state index in [0.29, 0.717) is 0 Å². The molecule has 0 atom stereocenters. The van der Waals surface area contributed by atoms with Crippen LogP contribution in [0, 0.1) is 13.8 Å². The predicted octanol–water partition coefficient (Wildman–Crippen LogP) is 6.87. The Morgan fingerprint density at radius 1 is 0.600 bits per heavy atom. The van der Waals surface area contributed by atoms with E-state index in [1.807, 2.05) is 87.2 Å². The second-order valence-electron chi connectivity index (χ2n) is 8.33. The molecule has 0 aliphatic carbocycles. The van der Waals surface area contributed by atoms with Crippen molar-refractivity contribution in [1.82, 2.24) is 19.9 Å². The largest absolute Gasteiger partial charge is 0.497 e. The van der Waals surface area contributed by atoms with Crippen molar-refractivity contribution in [1.29, 1.82) is 0 Å². The fourth-order valence-electron chi connectivity index (χ4n) is 3.24. The van der Waals surface area contributed by atoms with E-state index < -0.39 is 0 Å². The Morgan fingerprint density at radius 2 is 1.06 bits per heavy atom. The molecule has 0 bridgehead atoms. The average Bonchev–Trinajstić information content (AvgIpc) is 2.90. The lowest BCUT2D eigenvalue weighted by Crippen LogP contribution is -1.97. The maximum Gasteiger partial charge on any atom is 0.159 e. The zero-order chi connectivity index (χ0) is 24.9. The molecule has 0 radical (unpaired) electrons. The lowest BCUT2D eigenvalue weighted by atomic mass is 10.2. The van der Waals surface area contributed by atoms with Gasteiger partial charge in [0.25, 0.3) is 0 Å². The molecular weight excluding hydrogens is 436 g/mol. The van der Waals surface area contributed by atoms with Crippen LogP contribution in [0.15, 0.2) is 73.3 Å². The highest BCUT2D eigenvalue weighted by Crippen LogP contribution is 2.20. The van der Waals surface area contributed by atoms with E-state index in [9.17, 15) is 0 Å². The molecule has 35 heavy (non-hydrogen) atoms. The summed E-state index contributed by atoms with van der Waals surface area (Å²) in [5.74, 6) is 3.25. The number of aromatic nitrogens is 4. The smallest absolute Gasteiger partial charge is 0.159 e. The van der Waals surface area contributed by atoms with Crippen LogP contribution in [0.5, 0.6) is 11.5 Å². The number of ether oxygens (including phenoxy) is 2. The molecule has 0 aliphatic rings. The fraction of sp³-hybridized carbons (Fsp3) is 0.310. The molecule has 6 heteroatoms. The number of aryl methyl sites for hydroxylation is 2. The Bertz CT molecular complexity index is 1130. The van der Waals surface area contributed by atoms with Gasteiger partial charge < -0.3 is 9.47 Å². The number of rotatable bonds is 9. The SMILES string of the molecule is CCCCCCOc1ccc(-c2ncc(C)cn2)cc1.COc1ccc(-c2ncc(C)cn2)cc1. The Balaban J connectivity index is 0.000000203. The van der Waals surface area contributed by atoms with E-state index in [1.165, 1.54) is 19.3 Å². The van der Waals surface area contributed by atoms with Gasteiger partial charge in [-0.05, 0) is 79.9 Å². The zero-order valence-electron chi connectivity index (χ0n) is 21.1. The lowest BCUT2D eigenvalue weighted by molar-refractivity contribution is 0.305. The van der Waals surface area contributed by atoms with Gasteiger partial charge in [-0.15, -0.1) is 0 Å². The van der Waals surface area contributed by atoms with Gasteiger partial charge in [0.15, 0.2) is 11.6 Å². The quantitative estimate of drug-likeness (QED) is 0.249. The Morgan fingerprint density at radius 3 is 1.49 bits per heavy atom. The molecule has 2 aromatic carbocycles. The lowest BCUT2D eigenvalue weighted by Gasteiger charge is -2.06. The summed E-state index contributed by atoms with van der Waals surface area (Å²) in [6, 6.07) is 15.7. The standard InChI is InChI=1S/C17H22N2O.C12H12N2O/c1-3-4-5-6-11-20-16-9-7-15(8-10-16)17-18-12-14(2)13-19-17;1-9-7-13-12(14-8-9)10-3-5-11(15-2)6-4-10/h7-10,12-13H,3-6,11H2,1-2H3;3-8H,1-2H3. The maximum absolute atomic E-state index is 5.72. The molecule has 4 rings (SSSR count). The molecular formula is C29H34N4O2. The second-order valence-corrected chi connectivity index (χ2v) is 8.33. The van der Waals surface area contributed by atoms with Crippen LogP contribution >= 0.6 is 0 Å². The molecule has 2 aromatic heterocycles. The van der Waals surface area contributed by atoms with Crippen LogP contribution in [-0.4, -0.2) is 33.7 Å². The van der Waals surface area contributed by atoms with Crippen LogP contribution in [0.3, 0.4) is 0 Å². The van der Waals surface area contributed by atoms with Gasteiger partial charge in [0.2, 0.25) is 0 Å². The molecule has 4 aromatic rings. The molecule has 0 aliphatic heterocycles. The number of methoxy groups -OCH3 is 1. The first-order valence-electron chi connectivity index (χ1n) is 12.0. The molecule has 0 amide bonds. The number of hydrogen-bond acceptors (Lipinski definition) is 6. The molecule has 2 heterocycles. The van der Waals surface area contributed by atoms with E-state index in [0.717, 1.165) is 58.4 Å². The Hall–Kier alpha value is -3.80. The number of nitrogens with zero attached hydrogens (tertiary/aromatic N) is 4. The number of unbranched alkanes of at least 4 members (excludes halogenated alkanes) is 3. The molecule has 0 saturated heterocycles. The second kappa shape index (κ2) is 13.8. The molecule has 0 unspecified atom stereocenters. The molecule has 0 fully saturated rings. The fourth-order valence-corrected chi connectivity index (χ4v) is 3.24. The van der Waals surface area contributed by atoms with E-state index in [1.54, 1.807) is 7.11 Å². The number of benzene rings is 2. The minimum absolute atomic E-state index is 0.739. The highest BCUT2D eigenvalue weighted by atomic mass is 16.5. The Kier molecular flexibility index (Phi) is 10.2. The molecule has 0 spiro atoms. The number of hydrogen-bond donors (Lipinski definition) is 0. The molecule has 0 N–H and O–H groups in total. The summed E-state index contributed by atoms with van der Waals surface area (Å²) in [7, 11) is 1.65. The highest BCUT2D eigenvalue weighted by molar-refractivity contribution is 5.56. The van der Waals surface area contributed by atoms with Crippen molar-refractivity contribution in [3.63, 3.8) is 0 Å². The minimum Gasteiger partial charge on any atom is -0.497 e. The monoisotopic (exact) mass is 470 g/mol. The third kappa shape index (κ3) is 8.49. The average molecular weight is 471 g/mol. The van der Waals surface area contributed by atoms with Gasteiger partial charge in [0.05, 0.1) is 13.7 Å². The van der Waals surface area contributed by atoms with Crippen molar-refractivity contribution >= 4 is 0 Å². The summed E-state index contributed by atoms with van der Waals surface area (Å²) in [4.78, 5) is 17.1. The van der Waals surface area contributed by atoms with Crippen LogP contribution < -0.4 is 9.47 Å². The first kappa shape index (κ1) is 25.8. The first-order chi connectivity index (χ1) is 17.1. The zero-order valence-corrected chi connectivity index (χ0v) is 21.1. The van der Waals surface area contributed by atoms with Gasteiger partial charge in [-0.25, -0.2) is 19.9 Å². The van der Waals surface area contributed by atoms with E-state index in [4.69, 9.17) is 9.47 Å². The van der Waals surface area contributed by atoms with Crippen LogP contribution in [0.25, 0.3) is 22.8 Å². The minimum atomic E-state index is 0.739. The van der Waals surface area contributed by atoms with Gasteiger partial charge >= 0.3 is 0 Å². The first-order valence-corrected chi connectivity index (χ1v) is 12.0. The van der Waals surface area contributed by atoms with Crippen molar-refractivity contribution in [3.8, 4) is 34.3 Å². The third-order valence-electron chi connectivity index (χ3n) is 5.29. The van der Waals surface area contributed by atoms with Crippen molar-refractivity contribution in [2.45, 2.75) is 46.5 Å². The van der Waals surface area contributed by atoms with E-state index >= 15 is 0 Å². The van der Waals surface area contributed by atoms with Crippen LogP contribution in [0.4, 0.5) is 0 Å². The molecule has 182 valence electrons. The third-order valence-corrected chi connectivity index (χ3v) is 5.29. The summed E-state index contributed by atoms with van der Waals surface area (Å²) < 4.78 is 10.8. The summed E-state index contributed by atoms with van der Waals surface area (Å²) >= 11 is 0. The Labute approximate surface area is 208 Å². The predicted molar refractivity (Wildman–Crippen MR) is 141 cm³/mol. The normalized spacial score (nSPS) is 10.3. The summed E-state index contributed by atoms with van der Waals surface area (Å²) in [5.41, 5.74) is 4.15. The van der Waals surface area contributed by atoms with Crippen molar-refractivity contribution in [2.75, 3.05) is 13.7 Å². The summed E-state index contributed by atoms with van der Waals surface area (Å²) in [6.45, 7) is 6.96. The van der Waals surface area contributed by atoms with E-state index in [-0.39, 0.29) is 0 Å². The van der Waals surface area contributed by atoms with Crippen molar-refractivity contribution in [2.24, 2.45) is 0 Å². The maximum atomic E-state index is 5.72. The summed E-state index contributed by atoms with van der Waals surface area (Å²) in [6.07, 6.45) is 12.2. The van der Waals surface area contributed by atoms with Crippen LogP contribution in [0.1, 0.15) is 43.7 Å². The van der Waals surface area contributed by atoms with Crippen LogP contribution in [-0.2, 0) is 0 Å². The van der Waals surface area contributed by atoms with Crippen LogP contribution in [0.2, 0.25) is 0 Å². The molecule has 0 saturated carbocycles. The highest BCUT2D eigenvalue weighted by Gasteiger charge is 2.02. The van der Waals surface area contributed by atoms with E-state index in [2.05, 4.69) is 26.9 Å². The van der Waals surface area contributed by atoms with Gasteiger partial charge in [-0.2, -0.15) is 0 Å². The molecule has 6 nitrogen and oxygen atoms in total. The van der Waals surface area contributed by atoms with Crippen molar-refractivity contribution < 1.29 is 9.47 Å². The van der Waals surface area contributed by atoms with Crippen molar-refractivity contribution in [3.05, 3.63) is 84.4 Å². The van der Waals surface area contributed by atoms with Gasteiger partial charge in [0.1, 0.15) is 11.5 Å². The van der Waals surface area contributed by atoms with Gasteiger partial charge in [-0.1, -0.05) is 26.2 Å². The summed E-state index contributed by atoms with van der Waals surface area (Å²) in [5, 5.41) is 0. The topological polar surface area (TPSA) is 70.0 Å².